The lowest BCUT2D eigenvalue weighted by atomic mass is 10.1. The SMILES string of the molecule is CCSCc1ccc(C(=O)N2CCCC(O)C2)cc1. The van der Waals surface area contributed by atoms with Crippen LogP contribution < -0.4 is 0 Å². The Kier molecular flexibility index (Phi) is 5.28. The molecule has 1 unspecified atom stereocenters. The first-order valence-corrected chi connectivity index (χ1v) is 8.00. The molecule has 3 nitrogen and oxygen atoms in total. The molecule has 0 bridgehead atoms. The number of aliphatic hydroxyl groups excluding tert-OH is 1. The molecular formula is C15H21NO2S. The van der Waals surface area contributed by atoms with E-state index < -0.39 is 0 Å². The van der Waals surface area contributed by atoms with Gasteiger partial charge in [-0.3, -0.25) is 4.79 Å². The van der Waals surface area contributed by atoms with E-state index in [1.165, 1.54) is 5.56 Å². The summed E-state index contributed by atoms with van der Waals surface area (Å²) in [7, 11) is 0. The predicted molar refractivity (Wildman–Crippen MR) is 79.4 cm³/mol. The highest BCUT2D eigenvalue weighted by Crippen LogP contribution is 2.16. The van der Waals surface area contributed by atoms with E-state index in [0.717, 1.165) is 36.5 Å². The van der Waals surface area contributed by atoms with Crippen molar-refractivity contribution in [3.63, 3.8) is 0 Å². The van der Waals surface area contributed by atoms with Crippen LogP contribution >= 0.6 is 11.8 Å². The Balaban J connectivity index is 1.98. The number of β-amino-alcohol motifs (C(OH)–C–C–N with tert-alkyl or cyclic N) is 1. The van der Waals surface area contributed by atoms with E-state index >= 15 is 0 Å². The Hall–Kier alpha value is -1.00. The Morgan fingerprint density at radius 3 is 2.79 bits per heavy atom. The number of rotatable bonds is 4. The maximum absolute atomic E-state index is 12.3. The van der Waals surface area contributed by atoms with E-state index in [2.05, 4.69) is 6.92 Å². The number of thioether (sulfide) groups is 1. The summed E-state index contributed by atoms with van der Waals surface area (Å²) < 4.78 is 0. The number of hydrogen-bond acceptors (Lipinski definition) is 3. The molecule has 0 saturated carbocycles. The minimum absolute atomic E-state index is 0.0356. The number of carbonyl (C=O) groups excluding carboxylic acids is 1. The van der Waals surface area contributed by atoms with Crippen LogP contribution in [0.2, 0.25) is 0 Å². The van der Waals surface area contributed by atoms with Crippen molar-refractivity contribution in [2.75, 3.05) is 18.8 Å². The minimum Gasteiger partial charge on any atom is -0.391 e. The van der Waals surface area contributed by atoms with Gasteiger partial charge in [0.05, 0.1) is 6.10 Å². The van der Waals surface area contributed by atoms with E-state index in [4.69, 9.17) is 0 Å². The molecule has 1 saturated heterocycles. The highest BCUT2D eigenvalue weighted by Gasteiger charge is 2.22. The lowest BCUT2D eigenvalue weighted by Gasteiger charge is -2.30. The molecular weight excluding hydrogens is 258 g/mol. The monoisotopic (exact) mass is 279 g/mol. The number of piperidine rings is 1. The summed E-state index contributed by atoms with van der Waals surface area (Å²) in [6, 6.07) is 7.84. The van der Waals surface area contributed by atoms with Crippen molar-refractivity contribution in [1.82, 2.24) is 4.90 Å². The van der Waals surface area contributed by atoms with Gasteiger partial charge in [0.2, 0.25) is 0 Å². The molecule has 0 radical (unpaired) electrons. The quantitative estimate of drug-likeness (QED) is 0.921. The molecule has 0 aliphatic carbocycles. The molecule has 0 spiro atoms. The zero-order valence-corrected chi connectivity index (χ0v) is 12.2. The molecule has 1 N–H and O–H groups in total. The van der Waals surface area contributed by atoms with Crippen LogP contribution in [0.4, 0.5) is 0 Å². The Morgan fingerprint density at radius 2 is 2.16 bits per heavy atom. The number of benzene rings is 1. The molecule has 104 valence electrons. The van der Waals surface area contributed by atoms with Crippen molar-refractivity contribution in [2.45, 2.75) is 31.6 Å². The number of aliphatic hydroxyl groups is 1. The lowest BCUT2D eigenvalue weighted by molar-refractivity contribution is 0.0474. The second-order valence-electron chi connectivity index (χ2n) is 4.88. The van der Waals surface area contributed by atoms with Crippen LogP contribution in [-0.4, -0.2) is 40.9 Å². The van der Waals surface area contributed by atoms with Crippen molar-refractivity contribution < 1.29 is 9.90 Å². The maximum Gasteiger partial charge on any atom is 0.253 e. The van der Waals surface area contributed by atoms with Crippen molar-refractivity contribution >= 4 is 17.7 Å². The zero-order chi connectivity index (χ0) is 13.7. The summed E-state index contributed by atoms with van der Waals surface area (Å²) in [5, 5.41) is 9.62. The van der Waals surface area contributed by atoms with Gasteiger partial charge in [-0.25, -0.2) is 0 Å². The topological polar surface area (TPSA) is 40.5 Å². The van der Waals surface area contributed by atoms with E-state index in [9.17, 15) is 9.90 Å². The summed E-state index contributed by atoms with van der Waals surface area (Å²) in [6.45, 7) is 3.36. The fourth-order valence-corrected chi connectivity index (χ4v) is 2.92. The van der Waals surface area contributed by atoms with E-state index in [0.29, 0.717) is 6.54 Å². The molecule has 4 heteroatoms. The first-order chi connectivity index (χ1) is 9.20. The third-order valence-electron chi connectivity index (χ3n) is 3.36. The summed E-state index contributed by atoms with van der Waals surface area (Å²) >= 11 is 1.88. The predicted octanol–water partition coefficient (Wildman–Crippen LogP) is 2.54. The number of likely N-dealkylation sites (tertiary alicyclic amines) is 1. The van der Waals surface area contributed by atoms with Crippen LogP contribution in [-0.2, 0) is 5.75 Å². The van der Waals surface area contributed by atoms with Gasteiger partial charge in [-0.2, -0.15) is 11.8 Å². The van der Waals surface area contributed by atoms with Gasteiger partial charge in [0.1, 0.15) is 0 Å². The summed E-state index contributed by atoms with van der Waals surface area (Å²) in [5.41, 5.74) is 1.97. The molecule has 2 rings (SSSR count). The lowest BCUT2D eigenvalue weighted by Crippen LogP contribution is -2.42. The highest BCUT2D eigenvalue weighted by atomic mass is 32.2. The molecule has 1 atom stereocenters. The van der Waals surface area contributed by atoms with Gasteiger partial charge in [0, 0.05) is 24.4 Å². The molecule has 0 aromatic heterocycles. The Morgan fingerprint density at radius 1 is 1.42 bits per heavy atom. The van der Waals surface area contributed by atoms with E-state index in [1.807, 2.05) is 36.0 Å². The third-order valence-corrected chi connectivity index (χ3v) is 4.30. The van der Waals surface area contributed by atoms with Gasteiger partial charge in [-0.15, -0.1) is 0 Å². The van der Waals surface area contributed by atoms with Crippen LogP contribution in [0, 0.1) is 0 Å². The molecule has 1 heterocycles. The van der Waals surface area contributed by atoms with Crippen LogP contribution in [0.3, 0.4) is 0 Å². The minimum atomic E-state index is -0.363. The smallest absolute Gasteiger partial charge is 0.253 e. The van der Waals surface area contributed by atoms with Gasteiger partial charge in [0.25, 0.3) is 5.91 Å². The molecule has 1 aromatic carbocycles. The van der Waals surface area contributed by atoms with Crippen molar-refractivity contribution in [1.29, 1.82) is 0 Å². The van der Waals surface area contributed by atoms with E-state index in [-0.39, 0.29) is 12.0 Å². The second-order valence-corrected chi connectivity index (χ2v) is 6.16. The summed E-state index contributed by atoms with van der Waals surface area (Å²) in [4.78, 5) is 14.0. The van der Waals surface area contributed by atoms with Crippen molar-refractivity contribution in [3.8, 4) is 0 Å². The third kappa shape index (κ3) is 3.98. The molecule has 1 aliphatic heterocycles. The van der Waals surface area contributed by atoms with Crippen LogP contribution in [0.1, 0.15) is 35.7 Å². The summed E-state index contributed by atoms with van der Waals surface area (Å²) in [6.07, 6.45) is 1.33. The van der Waals surface area contributed by atoms with Crippen molar-refractivity contribution in [3.05, 3.63) is 35.4 Å². The fraction of sp³-hybridized carbons (Fsp3) is 0.533. The Labute approximate surface area is 119 Å². The number of amides is 1. The first kappa shape index (κ1) is 14.4. The van der Waals surface area contributed by atoms with Gasteiger partial charge in [-0.1, -0.05) is 19.1 Å². The fourth-order valence-electron chi connectivity index (χ4n) is 2.29. The molecule has 1 fully saturated rings. The highest BCUT2D eigenvalue weighted by molar-refractivity contribution is 7.98. The average molecular weight is 279 g/mol. The summed E-state index contributed by atoms with van der Waals surface area (Å²) in [5.74, 6) is 2.13. The van der Waals surface area contributed by atoms with Gasteiger partial charge in [0.15, 0.2) is 0 Å². The average Bonchev–Trinajstić information content (AvgIpc) is 2.45. The molecule has 1 aliphatic rings. The van der Waals surface area contributed by atoms with Crippen LogP contribution in [0.5, 0.6) is 0 Å². The zero-order valence-electron chi connectivity index (χ0n) is 11.3. The number of carbonyl (C=O) groups is 1. The van der Waals surface area contributed by atoms with Crippen LogP contribution in [0.25, 0.3) is 0 Å². The van der Waals surface area contributed by atoms with Gasteiger partial charge >= 0.3 is 0 Å². The largest absolute Gasteiger partial charge is 0.391 e. The molecule has 1 aromatic rings. The Bertz CT molecular complexity index is 419. The second kappa shape index (κ2) is 6.96. The van der Waals surface area contributed by atoms with E-state index in [1.54, 1.807) is 4.90 Å². The first-order valence-electron chi connectivity index (χ1n) is 6.84. The molecule has 1 amide bonds. The van der Waals surface area contributed by atoms with Gasteiger partial charge in [-0.05, 0) is 36.3 Å². The molecule has 19 heavy (non-hydrogen) atoms. The maximum atomic E-state index is 12.3. The van der Waals surface area contributed by atoms with Crippen molar-refractivity contribution in [2.24, 2.45) is 0 Å². The van der Waals surface area contributed by atoms with Gasteiger partial charge < -0.3 is 10.0 Å². The number of hydrogen-bond donors (Lipinski definition) is 1. The standard InChI is InChI=1S/C15H21NO2S/c1-2-19-11-12-5-7-13(8-6-12)15(18)16-9-3-4-14(17)10-16/h5-8,14,17H,2-4,9-11H2,1H3. The van der Waals surface area contributed by atoms with Crippen LogP contribution in [0.15, 0.2) is 24.3 Å². The normalized spacial score (nSPS) is 19.5. The number of nitrogens with zero attached hydrogens (tertiary/aromatic N) is 1.